The van der Waals surface area contributed by atoms with Gasteiger partial charge in [-0.05, 0) is 49.9 Å². The van der Waals surface area contributed by atoms with Gasteiger partial charge in [-0.25, -0.2) is 0 Å². The number of carbonyl (C=O) groups is 2. The highest BCUT2D eigenvalue weighted by atomic mass is 16.5. The monoisotopic (exact) mass is 366 g/mol. The molecule has 5 heteroatoms. The van der Waals surface area contributed by atoms with Crippen LogP contribution >= 0.6 is 0 Å². The number of hydrogen-bond acceptors (Lipinski definition) is 3. The zero-order valence-electron chi connectivity index (χ0n) is 16.1. The second-order valence-corrected chi connectivity index (χ2v) is 7.01. The van der Waals surface area contributed by atoms with Crippen LogP contribution in [0.15, 0.2) is 42.5 Å². The molecule has 1 aliphatic carbocycles. The molecule has 0 unspecified atom stereocenters. The van der Waals surface area contributed by atoms with Crippen molar-refractivity contribution < 1.29 is 14.3 Å². The van der Waals surface area contributed by atoms with Gasteiger partial charge in [0.1, 0.15) is 5.75 Å². The number of para-hydroxylation sites is 1. The van der Waals surface area contributed by atoms with Crippen LogP contribution in [0.3, 0.4) is 0 Å². The van der Waals surface area contributed by atoms with E-state index >= 15 is 0 Å². The third-order valence-corrected chi connectivity index (χ3v) is 4.88. The van der Waals surface area contributed by atoms with E-state index in [4.69, 9.17) is 4.74 Å². The number of carbonyl (C=O) groups excluding carboxylic acids is 2. The molecule has 3 rings (SSSR count). The third-order valence-electron chi connectivity index (χ3n) is 4.88. The van der Waals surface area contributed by atoms with E-state index in [2.05, 4.69) is 11.4 Å². The van der Waals surface area contributed by atoms with E-state index in [1.165, 1.54) is 0 Å². The highest BCUT2D eigenvalue weighted by Gasteiger charge is 2.33. The maximum absolute atomic E-state index is 12.7. The zero-order chi connectivity index (χ0) is 19.4. The standard InChI is InChI=1S/C22H26N2O3/c1-15-8-11-20(27-3)17(14-15)12-13-23-21(25)18-6-4-5-7-19(18)24(2)22(26)16-9-10-16/h4-8,11,14,16H,9-10,12-13H2,1-3H3,(H,23,25). The molecular formula is C22H26N2O3. The van der Waals surface area contributed by atoms with Crippen LogP contribution in [-0.2, 0) is 11.2 Å². The summed E-state index contributed by atoms with van der Waals surface area (Å²) in [6, 6.07) is 13.3. The van der Waals surface area contributed by atoms with Crippen LogP contribution in [0.25, 0.3) is 0 Å². The lowest BCUT2D eigenvalue weighted by atomic mass is 10.1. The molecule has 0 radical (unpaired) electrons. The SMILES string of the molecule is COc1ccc(C)cc1CCNC(=O)c1ccccc1N(C)C(=O)C1CC1. The van der Waals surface area contributed by atoms with Gasteiger partial charge in [0, 0.05) is 19.5 Å². The van der Waals surface area contributed by atoms with Crippen LogP contribution in [0.5, 0.6) is 5.75 Å². The summed E-state index contributed by atoms with van der Waals surface area (Å²) in [7, 11) is 3.39. The van der Waals surface area contributed by atoms with Crippen molar-refractivity contribution in [2.75, 3.05) is 25.6 Å². The predicted octanol–water partition coefficient (Wildman–Crippen LogP) is 3.35. The van der Waals surface area contributed by atoms with Crippen LogP contribution in [-0.4, -0.2) is 32.5 Å². The average molecular weight is 366 g/mol. The van der Waals surface area contributed by atoms with Crippen LogP contribution in [0.1, 0.15) is 34.3 Å². The van der Waals surface area contributed by atoms with E-state index in [0.29, 0.717) is 24.2 Å². The molecule has 0 aromatic heterocycles. The second kappa shape index (κ2) is 8.25. The number of aryl methyl sites for hydroxylation is 1. The van der Waals surface area contributed by atoms with Gasteiger partial charge in [0.2, 0.25) is 5.91 Å². The first kappa shape index (κ1) is 19.0. The Morgan fingerprint density at radius 3 is 2.63 bits per heavy atom. The number of benzene rings is 2. The topological polar surface area (TPSA) is 58.6 Å². The molecule has 0 aliphatic heterocycles. The van der Waals surface area contributed by atoms with E-state index in [0.717, 1.165) is 29.7 Å². The number of ether oxygens (including phenoxy) is 1. The summed E-state index contributed by atoms with van der Waals surface area (Å²) < 4.78 is 5.39. The molecule has 0 bridgehead atoms. The summed E-state index contributed by atoms with van der Waals surface area (Å²) in [4.78, 5) is 26.7. The molecule has 142 valence electrons. The first-order valence-electron chi connectivity index (χ1n) is 9.29. The van der Waals surface area contributed by atoms with Crippen LogP contribution < -0.4 is 15.0 Å². The molecule has 2 aromatic carbocycles. The fourth-order valence-electron chi connectivity index (χ4n) is 3.19. The van der Waals surface area contributed by atoms with Crippen LogP contribution in [0, 0.1) is 12.8 Å². The number of hydrogen-bond donors (Lipinski definition) is 1. The van der Waals surface area contributed by atoms with Crippen molar-refractivity contribution in [3.8, 4) is 5.75 Å². The minimum atomic E-state index is -0.173. The summed E-state index contributed by atoms with van der Waals surface area (Å²) in [6.07, 6.45) is 2.56. The summed E-state index contributed by atoms with van der Waals surface area (Å²) in [5.74, 6) is 0.845. The predicted molar refractivity (Wildman–Crippen MR) is 106 cm³/mol. The summed E-state index contributed by atoms with van der Waals surface area (Å²) in [5.41, 5.74) is 3.39. The quantitative estimate of drug-likeness (QED) is 0.817. The van der Waals surface area contributed by atoms with Crippen LogP contribution in [0.4, 0.5) is 5.69 Å². The fraction of sp³-hybridized carbons (Fsp3) is 0.364. The smallest absolute Gasteiger partial charge is 0.253 e. The molecule has 1 N–H and O–H groups in total. The molecule has 1 saturated carbocycles. The van der Waals surface area contributed by atoms with Crippen molar-refractivity contribution in [1.82, 2.24) is 5.32 Å². The maximum Gasteiger partial charge on any atom is 0.253 e. The lowest BCUT2D eigenvalue weighted by Crippen LogP contribution is -2.32. The molecule has 0 atom stereocenters. The van der Waals surface area contributed by atoms with Crippen molar-refractivity contribution >= 4 is 17.5 Å². The Hall–Kier alpha value is -2.82. The number of rotatable bonds is 7. The Bertz CT molecular complexity index is 843. The molecule has 27 heavy (non-hydrogen) atoms. The van der Waals surface area contributed by atoms with Crippen molar-refractivity contribution in [3.63, 3.8) is 0 Å². The summed E-state index contributed by atoms with van der Waals surface area (Å²) >= 11 is 0. The van der Waals surface area contributed by atoms with Gasteiger partial charge in [-0.3, -0.25) is 9.59 Å². The lowest BCUT2D eigenvalue weighted by Gasteiger charge is -2.20. The van der Waals surface area contributed by atoms with E-state index in [1.54, 1.807) is 25.1 Å². The van der Waals surface area contributed by atoms with Gasteiger partial charge >= 0.3 is 0 Å². The minimum absolute atomic E-state index is 0.0831. The van der Waals surface area contributed by atoms with Crippen LogP contribution in [0.2, 0.25) is 0 Å². The Balaban J connectivity index is 1.66. The largest absolute Gasteiger partial charge is 0.496 e. The van der Waals surface area contributed by atoms with Gasteiger partial charge in [-0.2, -0.15) is 0 Å². The normalized spacial score (nSPS) is 13.1. The van der Waals surface area contributed by atoms with Gasteiger partial charge < -0.3 is 15.0 Å². The van der Waals surface area contributed by atoms with Gasteiger partial charge in [0.05, 0.1) is 18.4 Å². The van der Waals surface area contributed by atoms with Gasteiger partial charge in [-0.15, -0.1) is 0 Å². The van der Waals surface area contributed by atoms with Gasteiger partial charge in [0.25, 0.3) is 5.91 Å². The Kier molecular flexibility index (Phi) is 5.79. The lowest BCUT2D eigenvalue weighted by molar-refractivity contribution is -0.119. The fourth-order valence-corrected chi connectivity index (χ4v) is 3.19. The molecule has 0 heterocycles. The molecule has 0 spiro atoms. The first-order valence-corrected chi connectivity index (χ1v) is 9.29. The van der Waals surface area contributed by atoms with Gasteiger partial charge in [-0.1, -0.05) is 29.8 Å². The summed E-state index contributed by atoms with van der Waals surface area (Å²) in [6.45, 7) is 2.53. The Morgan fingerprint density at radius 2 is 1.93 bits per heavy atom. The average Bonchev–Trinajstić information content (AvgIpc) is 3.52. The molecule has 1 fully saturated rings. The van der Waals surface area contributed by atoms with Crippen molar-refractivity contribution in [1.29, 1.82) is 0 Å². The molecule has 2 amide bonds. The third kappa shape index (κ3) is 4.48. The Labute approximate surface area is 160 Å². The van der Waals surface area contributed by atoms with E-state index in [9.17, 15) is 9.59 Å². The highest BCUT2D eigenvalue weighted by molar-refractivity contribution is 6.05. The maximum atomic E-state index is 12.7. The van der Waals surface area contributed by atoms with E-state index < -0.39 is 0 Å². The number of methoxy groups -OCH3 is 1. The van der Waals surface area contributed by atoms with Crippen molar-refractivity contribution in [2.45, 2.75) is 26.2 Å². The molecular weight excluding hydrogens is 340 g/mol. The second-order valence-electron chi connectivity index (χ2n) is 7.01. The highest BCUT2D eigenvalue weighted by Crippen LogP contribution is 2.33. The van der Waals surface area contributed by atoms with Crippen molar-refractivity contribution in [2.24, 2.45) is 5.92 Å². The zero-order valence-corrected chi connectivity index (χ0v) is 16.1. The first-order chi connectivity index (χ1) is 13.0. The van der Waals surface area contributed by atoms with Crippen molar-refractivity contribution in [3.05, 3.63) is 59.2 Å². The Morgan fingerprint density at radius 1 is 1.19 bits per heavy atom. The number of anilines is 1. The van der Waals surface area contributed by atoms with Gasteiger partial charge in [0.15, 0.2) is 0 Å². The van der Waals surface area contributed by atoms with E-state index in [1.807, 2.05) is 37.3 Å². The molecule has 1 aliphatic rings. The summed E-state index contributed by atoms with van der Waals surface area (Å²) in [5, 5.41) is 2.96. The minimum Gasteiger partial charge on any atom is -0.496 e. The van der Waals surface area contributed by atoms with E-state index in [-0.39, 0.29) is 17.7 Å². The molecule has 5 nitrogen and oxygen atoms in total. The number of amides is 2. The number of nitrogens with one attached hydrogen (secondary N) is 1. The molecule has 0 saturated heterocycles. The number of nitrogens with zero attached hydrogens (tertiary/aromatic N) is 1. The molecule has 2 aromatic rings.